The van der Waals surface area contributed by atoms with Crippen LogP contribution < -0.4 is 10.1 Å². The molecule has 0 fully saturated rings. The van der Waals surface area contributed by atoms with E-state index in [1.165, 1.54) is 18.4 Å². The van der Waals surface area contributed by atoms with Crippen LogP contribution in [0.5, 0.6) is 5.75 Å². The lowest BCUT2D eigenvalue weighted by Gasteiger charge is -2.31. The van der Waals surface area contributed by atoms with Crippen molar-refractivity contribution in [1.82, 2.24) is 5.32 Å². The fourth-order valence-electron chi connectivity index (χ4n) is 2.34. The van der Waals surface area contributed by atoms with Gasteiger partial charge in [-0.05, 0) is 50.6 Å². The van der Waals surface area contributed by atoms with Gasteiger partial charge in [0.1, 0.15) is 5.75 Å². The second-order valence-electron chi connectivity index (χ2n) is 5.20. The SMILES string of the molecule is CCOc1ccc(C(C)NCC(CC)(CC)SC)cc1. The molecule has 1 atom stereocenters. The van der Waals surface area contributed by atoms with Crippen LogP contribution in [0.25, 0.3) is 0 Å². The van der Waals surface area contributed by atoms with E-state index in [4.69, 9.17) is 4.74 Å². The minimum atomic E-state index is 0.361. The van der Waals surface area contributed by atoms with Crippen LogP contribution in [0.2, 0.25) is 0 Å². The maximum Gasteiger partial charge on any atom is 0.119 e. The fraction of sp³-hybridized carbons (Fsp3) is 0.647. The van der Waals surface area contributed by atoms with E-state index in [1.807, 2.05) is 18.7 Å². The molecule has 114 valence electrons. The van der Waals surface area contributed by atoms with Gasteiger partial charge >= 0.3 is 0 Å². The molecule has 1 aromatic carbocycles. The molecular weight excluding hydrogens is 266 g/mol. The van der Waals surface area contributed by atoms with Crippen molar-refractivity contribution in [2.24, 2.45) is 0 Å². The van der Waals surface area contributed by atoms with E-state index in [1.54, 1.807) is 0 Å². The van der Waals surface area contributed by atoms with Gasteiger partial charge < -0.3 is 10.1 Å². The highest BCUT2D eigenvalue weighted by Gasteiger charge is 2.25. The molecule has 1 rings (SSSR count). The zero-order valence-corrected chi connectivity index (χ0v) is 14.3. The summed E-state index contributed by atoms with van der Waals surface area (Å²) in [4.78, 5) is 0. The Labute approximate surface area is 128 Å². The van der Waals surface area contributed by atoms with Crippen LogP contribution in [-0.4, -0.2) is 24.2 Å². The highest BCUT2D eigenvalue weighted by Crippen LogP contribution is 2.30. The van der Waals surface area contributed by atoms with Crippen molar-refractivity contribution in [3.05, 3.63) is 29.8 Å². The summed E-state index contributed by atoms with van der Waals surface area (Å²) in [6, 6.07) is 8.79. The molecule has 3 heteroatoms. The molecule has 0 aliphatic rings. The van der Waals surface area contributed by atoms with E-state index >= 15 is 0 Å². The van der Waals surface area contributed by atoms with Gasteiger partial charge in [-0.3, -0.25) is 0 Å². The van der Waals surface area contributed by atoms with Gasteiger partial charge in [-0.1, -0.05) is 26.0 Å². The number of hydrogen-bond donors (Lipinski definition) is 1. The van der Waals surface area contributed by atoms with Gasteiger partial charge in [0.15, 0.2) is 0 Å². The summed E-state index contributed by atoms with van der Waals surface area (Å²) < 4.78 is 5.84. The molecule has 0 aliphatic carbocycles. The van der Waals surface area contributed by atoms with Gasteiger partial charge in [-0.2, -0.15) is 11.8 Å². The highest BCUT2D eigenvalue weighted by atomic mass is 32.2. The Morgan fingerprint density at radius 3 is 2.20 bits per heavy atom. The Bertz CT molecular complexity index is 365. The summed E-state index contributed by atoms with van der Waals surface area (Å²) >= 11 is 1.98. The number of hydrogen-bond acceptors (Lipinski definition) is 3. The van der Waals surface area contributed by atoms with E-state index in [-0.39, 0.29) is 0 Å². The summed E-state index contributed by atoms with van der Waals surface area (Å²) in [5, 5.41) is 3.68. The zero-order valence-electron chi connectivity index (χ0n) is 13.5. The molecule has 0 spiro atoms. The normalized spacial score (nSPS) is 13.2. The molecule has 0 bridgehead atoms. The van der Waals surface area contributed by atoms with E-state index in [0.717, 1.165) is 18.9 Å². The number of thioether (sulfide) groups is 1. The van der Waals surface area contributed by atoms with Gasteiger partial charge in [0.25, 0.3) is 0 Å². The third-order valence-corrected chi connectivity index (χ3v) is 5.73. The highest BCUT2D eigenvalue weighted by molar-refractivity contribution is 8.00. The molecular formula is C17H29NOS. The average molecular weight is 295 g/mol. The zero-order chi connectivity index (χ0) is 15.0. The molecule has 0 amide bonds. The van der Waals surface area contributed by atoms with E-state index in [0.29, 0.717) is 10.8 Å². The molecule has 0 saturated heterocycles. The number of ether oxygens (including phenoxy) is 1. The topological polar surface area (TPSA) is 21.3 Å². The van der Waals surface area contributed by atoms with Crippen LogP contribution >= 0.6 is 11.8 Å². The third-order valence-electron chi connectivity index (χ3n) is 4.14. The van der Waals surface area contributed by atoms with Crippen LogP contribution in [-0.2, 0) is 0 Å². The summed E-state index contributed by atoms with van der Waals surface area (Å²) in [7, 11) is 0. The van der Waals surface area contributed by atoms with Gasteiger partial charge in [0.05, 0.1) is 6.61 Å². The minimum absolute atomic E-state index is 0.361. The van der Waals surface area contributed by atoms with Gasteiger partial charge in [0.2, 0.25) is 0 Å². The second kappa shape index (κ2) is 8.58. The standard InChI is InChI=1S/C17H29NOS/c1-6-17(7-2,20-5)13-18-14(4)15-9-11-16(12-10-15)19-8-3/h9-12,14,18H,6-8,13H2,1-5H3. The predicted molar refractivity (Wildman–Crippen MR) is 90.9 cm³/mol. The monoisotopic (exact) mass is 295 g/mol. The minimum Gasteiger partial charge on any atom is -0.494 e. The predicted octanol–water partition coefficient (Wildman–Crippen LogP) is 4.66. The van der Waals surface area contributed by atoms with Gasteiger partial charge in [0, 0.05) is 17.3 Å². The van der Waals surface area contributed by atoms with Crippen LogP contribution in [0.3, 0.4) is 0 Å². The molecule has 1 unspecified atom stereocenters. The summed E-state index contributed by atoms with van der Waals surface area (Å²) in [6.07, 6.45) is 4.62. The van der Waals surface area contributed by atoms with Crippen molar-refractivity contribution < 1.29 is 4.74 Å². The van der Waals surface area contributed by atoms with Crippen molar-refractivity contribution >= 4 is 11.8 Å². The second-order valence-corrected chi connectivity index (χ2v) is 6.47. The lowest BCUT2D eigenvalue weighted by Crippen LogP contribution is -2.37. The maximum atomic E-state index is 5.48. The van der Waals surface area contributed by atoms with Crippen molar-refractivity contribution in [2.45, 2.75) is 51.3 Å². The van der Waals surface area contributed by atoms with Crippen molar-refractivity contribution in [3.63, 3.8) is 0 Å². The van der Waals surface area contributed by atoms with E-state index in [2.05, 4.69) is 56.6 Å². The van der Waals surface area contributed by atoms with Crippen molar-refractivity contribution in [3.8, 4) is 5.75 Å². The first kappa shape index (κ1) is 17.4. The first-order valence-electron chi connectivity index (χ1n) is 7.62. The molecule has 0 heterocycles. The molecule has 0 radical (unpaired) electrons. The van der Waals surface area contributed by atoms with Gasteiger partial charge in [-0.25, -0.2) is 0 Å². The first-order chi connectivity index (χ1) is 9.60. The smallest absolute Gasteiger partial charge is 0.119 e. The fourth-order valence-corrected chi connectivity index (χ4v) is 3.14. The summed E-state index contributed by atoms with van der Waals surface area (Å²) in [5.74, 6) is 0.948. The van der Waals surface area contributed by atoms with Crippen LogP contribution in [0.15, 0.2) is 24.3 Å². The Kier molecular flexibility index (Phi) is 7.46. The van der Waals surface area contributed by atoms with E-state index in [9.17, 15) is 0 Å². The van der Waals surface area contributed by atoms with E-state index < -0.39 is 0 Å². The Morgan fingerprint density at radius 2 is 1.75 bits per heavy atom. The Hall–Kier alpha value is -0.670. The third kappa shape index (κ3) is 4.71. The lowest BCUT2D eigenvalue weighted by atomic mass is 10.0. The Morgan fingerprint density at radius 1 is 1.15 bits per heavy atom. The first-order valence-corrected chi connectivity index (χ1v) is 8.84. The van der Waals surface area contributed by atoms with Crippen molar-refractivity contribution in [1.29, 1.82) is 0 Å². The summed E-state index contributed by atoms with van der Waals surface area (Å²) in [6.45, 7) is 10.6. The Balaban J connectivity index is 2.59. The molecule has 2 nitrogen and oxygen atoms in total. The molecule has 0 saturated carbocycles. The maximum absolute atomic E-state index is 5.48. The molecule has 1 N–H and O–H groups in total. The molecule has 0 aromatic heterocycles. The van der Waals surface area contributed by atoms with Crippen LogP contribution in [0.1, 0.15) is 52.1 Å². The largest absolute Gasteiger partial charge is 0.494 e. The van der Waals surface area contributed by atoms with Gasteiger partial charge in [-0.15, -0.1) is 0 Å². The number of nitrogens with one attached hydrogen (secondary N) is 1. The van der Waals surface area contributed by atoms with Crippen molar-refractivity contribution in [2.75, 3.05) is 19.4 Å². The quantitative estimate of drug-likeness (QED) is 0.716. The van der Waals surface area contributed by atoms with Crippen LogP contribution in [0, 0.1) is 0 Å². The van der Waals surface area contributed by atoms with Crippen LogP contribution in [0.4, 0.5) is 0 Å². The summed E-state index contributed by atoms with van der Waals surface area (Å²) in [5.41, 5.74) is 1.32. The number of benzene rings is 1. The molecule has 20 heavy (non-hydrogen) atoms. The molecule has 1 aromatic rings. The number of rotatable bonds is 9. The molecule has 0 aliphatic heterocycles. The lowest BCUT2D eigenvalue weighted by molar-refractivity contribution is 0.340. The average Bonchev–Trinajstić information content (AvgIpc) is 2.50.